The molecule has 0 aliphatic carbocycles. The average molecular weight is 1070 g/mol. The summed E-state index contributed by atoms with van der Waals surface area (Å²) in [7, 11) is 0. The van der Waals surface area contributed by atoms with Crippen LogP contribution < -0.4 is 0 Å². The maximum atomic E-state index is 2.39. The Labute approximate surface area is 486 Å². The third kappa shape index (κ3) is 49.8. The van der Waals surface area contributed by atoms with E-state index in [4.69, 9.17) is 0 Å². The van der Waals surface area contributed by atoms with Crippen LogP contribution in [-0.2, 0) is 0 Å². The van der Waals surface area contributed by atoms with Gasteiger partial charge in [0, 0.05) is 0 Å². The topological polar surface area (TPSA) is 0 Å². The SMILES string of the molecule is CCCCCCCCCCCCCCC(CCCCCCCCCC)(CCCCCCCCCCC)C(CCCCCCCCCCCC)(CCCCCCCCCCCCC)CCCCCCCCCCCCCC. The van der Waals surface area contributed by atoms with Gasteiger partial charge >= 0.3 is 0 Å². The van der Waals surface area contributed by atoms with Gasteiger partial charge in [-0.15, -0.1) is 0 Å². The fraction of sp³-hybridized carbons (Fsp3) is 1.00. The number of unbranched alkanes of at least 4 members (excludes halogenated alkanes) is 56. The second-order valence-electron chi connectivity index (χ2n) is 26.9. The van der Waals surface area contributed by atoms with E-state index in [-0.39, 0.29) is 0 Å². The number of rotatable bonds is 69. The Morgan fingerprint density at radius 3 is 0.276 bits per heavy atom. The Morgan fingerprint density at radius 1 is 0.105 bits per heavy atom. The predicted octanol–water partition coefficient (Wildman–Crippen LogP) is 29.6. The molecule has 0 aromatic rings. The van der Waals surface area contributed by atoms with Crippen molar-refractivity contribution in [2.24, 2.45) is 10.8 Å². The van der Waals surface area contributed by atoms with Crippen LogP contribution in [0.25, 0.3) is 0 Å². The first-order valence-electron chi connectivity index (χ1n) is 37.6. The minimum atomic E-state index is 0.559. The lowest BCUT2D eigenvalue weighted by atomic mass is 9.51. The van der Waals surface area contributed by atoms with Crippen molar-refractivity contribution in [1.29, 1.82) is 0 Å². The fourth-order valence-corrected chi connectivity index (χ4v) is 14.4. The number of hydrogen-bond donors (Lipinski definition) is 0. The largest absolute Gasteiger partial charge is 0.0654 e. The van der Waals surface area contributed by atoms with Gasteiger partial charge in [-0.2, -0.15) is 0 Å². The summed E-state index contributed by atoms with van der Waals surface area (Å²) in [6, 6.07) is 0. The van der Waals surface area contributed by atoms with E-state index in [9.17, 15) is 0 Å². The minimum absolute atomic E-state index is 0.559. The van der Waals surface area contributed by atoms with Gasteiger partial charge in [-0.3, -0.25) is 0 Å². The molecule has 0 fully saturated rings. The third-order valence-corrected chi connectivity index (χ3v) is 19.7. The Balaban J connectivity index is 6.72. The van der Waals surface area contributed by atoms with Crippen molar-refractivity contribution >= 4 is 0 Å². The van der Waals surface area contributed by atoms with Crippen LogP contribution in [-0.4, -0.2) is 0 Å². The van der Waals surface area contributed by atoms with Crippen LogP contribution in [0.2, 0.25) is 0 Å². The van der Waals surface area contributed by atoms with Gasteiger partial charge in [0.05, 0.1) is 0 Å². The molecule has 0 aromatic carbocycles. The Bertz CT molecular complexity index is 1010. The van der Waals surface area contributed by atoms with Gasteiger partial charge in [0.25, 0.3) is 0 Å². The average Bonchev–Trinajstić information content (AvgIpc) is 3.43. The molecule has 2 atom stereocenters. The van der Waals surface area contributed by atoms with Gasteiger partial charge in [-0.1, -0.05) is 440 Å². The molecule has 0 heterocycles. The molecule has 0 rings (SSSR count). The first kappa shape index (κ1) is 76.0. The van der Waals surface area contributed by atoms with Gasteiger partial charge in [-0.05, 0) is 49.4 Å². The van der Waals surface area contributed by atoms with E-state index < -0.39 is 0 Å². The Hall–Kier alpha value is 0. The highest BCUT2D eigenvalue weighted by atomic mass is 14.5. The maximum absolute atomic E-state index is 2.39. The molecular formula is C76H154. The van der Waals surface area contributed by atoms with E-state index in [0.29, 0.717) is 10.8 Å². The highest BCUT2D eigenvalue weighted by molar-refractivity contribution is 4.98. The standard InChI is InChI=1S/C76H154/c1-7-13-19-25-31-37-41-44-49-55-61-67-72-75(69-63-57-51-36-30-24-18-12-6,70-64-58-52-46-35-29-23-17-11-5)76(71-65-59-53-47-40-34-28-22-16-10-4,73-66-60-54-48-43-39-33-27-21-15-9-3)74-68-62-56-50-45-42-38-32-26-20-14-8-2/h7-74H2,1-6H3. The molecule has 0 spiro atoms. The van der Waals surface area contributed by atoms with Crippen molar-refractivity contribution in [2.45, 2.75) is 478 Å². The van der Waals surface area contributed by atoms with Crippen molar-refractivity contribution in [3.8, 4) is 0 Å². The molecule has 0 heteroatoms. The monoisotopic (exact) mass is 1070 g/mol. The molecule has 458 valence electrons. The summed E-state index contributed by atoms with van der Waals surface area (Å²) >= 11 is 0. The van der Waals surface area contributed by atoms with Crippen LogP contribution in [0.4, 0.5) is 0 Å². The van der Waals surface area contributed by atoms with Crippen LogP contribution in [0.5, 0.6) is 0 Å². The fourth-order valence-electron chi connectivity index (χ4n) is 14.4. The van der Waals surface area contributed by atoms with Crippen molar-refractivity contribution in [2.75, 3.05) is 0 Å². The maximum Gasteiger partial charge on any atom is -0.0241 e. The normalized spacial score (nSPS) is 13.5. The molecule has 0 amide bonds. The van der Waals surface area contributed by atoms with Crippen LogP contribution in [0, 0.1) is 10.8 Å². The summed E-state index contributed by atoms with van der Waals surface area (Å²) in [6.07, 6.45) is 101. The molecule has 0 N–H and O–H groups in total. The first-order valence-corrected chi connectivity index (χ1v) is 37.6. The molecule has 0 aliphatic rings. The highest BCUT2D eigenvalue weighted by Gasteiger charge is 2.48. The van der Waals surface area contributed by atoms with Crippen molar-refractivity contribution in [3.63, 3.8) is 0 Å². The van der Waals surface area contributed by atoms with Crippen LogP contribution in [0.1, 0.15) is 478 Å². The second-order valence-corrected chi connectivity index (χ2v) is 26.9. The molecule has 0 aliphatic heterocycles. The minimum Gasteiger partial charge on any atom is -0.0654 e. The lowest BCUT2D eigenvalue weighted by Crippen LogP contribution is -2.43. The van der Waals surface area contributed by atoms with E-state index in [2.05, 4.69) is 41.5 Å². The quantitative estimate of drug-likeness (QED) is 0.0533. The summed E-state index contributed by atoms with van der Waals surface area (Å²) in [5.41, 5.74) is 1.12. The Kier molecular flexibility index (Phi) is 64.2. The zero-order valence-electron chi connectivity index (χ0n) is 55.1. The summed E-state index contributed by atoms with van der Waals surface area (Å²) in [5.74, 6) is 0. The van der Waals surface area contributed by atoms with Crippen LogP contribution >= 0.6 is 0 Å². The van der Waals surface area contributed by atoms with E-state index in [1.165, 1.54) is 398 Å². The molecule has 76 heavy (non-hydrogen) atoms. The molecule has 0 bridgehead atoms. The van der Waals surface area contributed by atoms with E-state index in [1.54, 1.807) is 38.5 Å². The summed E-state index contributed by atoms with van der Waals surface area (Å²) < 4.78 is 0. The van der Waals surface area contributed by atoms with Gasteiger partial charge < -0.3 is 0 Å². The molecular weight excluding hydrogens is 913 g/mol. The van der Waals surface area contributed by atoms with Crippen molar-refractivity contribution in [3.05, 3.63) is 0 Å². The Morgan fingerprint density at radius 2 is 0.184 bits per heavy atom. The van der Waals surface area contributed by atoms with Crippen LogP contribution in [0.3, 0.4) is 0 Å². The van der Waals surface area contributed by atoms with Gasteiger partial charge in [0.2, 0.25) is 0 Å². The smallest absolute Gasteiger partial charge is 0.0241 e. The van der Waals surface area contributed by atoms with Crippen molar-refractivity contribution in [1.82, 2.24) is 0 Å². The third-order valence-electron chi connectivity index (χ3n) is 19.7. The lowest BCUT2D eigenvalue weighted by molar-refractivity contribution is -0.0310. The first-order chi connectivity index (χ1) is 37.6. The summed E-state index contributed by atoms with van der Waals surface area (Å²) in [6.45, 7) is 14.2. The summed E-state index contributed by atoms with van der Waals surface area (Å²) in [5, 5.41) is 0. The van der Waals surface area contributed by atoms with Crippen LogP contribution in [0.15, 0.2) is 0 Å². The molecule has 2 unspecified atom stereocenters. The zero-order chi connectivity index (χ0) is 55.1. The number of hydrogen-bond acceptors (Lipinski definition) is 0. The van der Waals surface area contributed by atoms with Gasteiger partial charge in [0.1, 0.15) is 0 Å². The molecule has 0 aromatic heterocycles. The zero-order valence-corrected chi connectivity index (χ0v) is 55.1. The van der Waals surface area contributed by atoms with E-state index in [1.807, 2.05) is 0 Å². The molecule has 0 nitrogen and oxygen atoms in total. The summed E-state index contributed by atoms with van der Waals surface area (Å²) in [4.78, 5) is 0. The van der Waals surface area contributed by atoms with Gasteiger partial charge in [-0.25, -0.2) is 0 Å². The molecule has 0 radical (unpaired) electrons. The highest BCUT2D eigenvalue weighted by Crippen LogP contribution is 2.59. The second kappa shape index (κ2) is 64.2. The predicted molar refractivity (Wildman–Crippen MR) is 353 cm³/mol. The van der Waals surface area contributed by atoms with E-state index >= 15 is 0 Å². The van der Waals surface area contributed by atoms with E-state index in [0.717, 1.165) is 0 Å². The molecule has 0 saturated carbocycles. The van der Waals surface area contributed by atoms with Crippen molar-refractivity contribution < 1.29 is 0 Å². The lowest BCUT2D eigenvalue weighted by Gasteiger charge is -2.53. The molecule has 0 saturated heterocycles. The van der Waals surface area contributed by atoms with Gasteiger partial charge in [0.15, 0.2) is 0 Å².